The fourth-order valence-electron chi connectivity index (χ4n) is 3.23. The quantitative estimate of drug-likeness (QED) is 0.844. The zero-order valence-corrected chi connectivity index (χ0v) is 13.8. The predicted octanol–water partition coefficient (Wildman–Crippen LogP) is 1.80. The van der Waals surface area contributed by atoms with Gasteiger partial charge in [0, 0.05) is 26.2 Å². The third-order valence-electron chi connectivity index (χ3n) is 4.24. The molecule has 0 unspecified atom stereocenters. The van der Waals surface area contributed by atoms with E-state index < -0.39 is 15.8 Å². The molecule has 1 aliphatic heterocycles. The molecule has 3 rings (SSSR count). The lowest BCUT2D eigenvalue weighted by Crippen LogP contribution is -2.42. The van der Waals surface area contributed by atoms with Crippen LogP contribution in [0, 0.1) is 11.8 Å². The largest absolute Gasteiger partial charge is 0.419 e. The first-order valence-electron chi connectivity index (χ1n) is 7.39. The lowest BCUT2D eigenvalue weighted by Gasteiger charge is -2.34. The van der Waals surface area contributed by atoms with E-state index in [1.807, 2.05) is 0 Å². The molecule has 2 atom stereocenters. The lowest BCUT2D eigenvalue weighted by atomic mass is 9.94. The summed E-state index contributed by atoms with van der Waals surface area (Å²) >= 11 is 0. The van der Waals surface area contributed by atoms with Gasteiger partial charge in [-0.05, 0) is 30.4 Å². The number of rotatable bonds is 2. The van der Waals surface area contributed by atoms with Crippen molar-refractivity contribution >= 4 is 21.1 Å². The number of sulfonamides is 1. The van der Waals surface area contributed by atoms with Crippen LogP contribution in [-0.2, 0) is 17.1 Å². The van der Waals surface area contributed by atoms with E-state index in [1.54, 1.807) is 13.1 Å². The van der Waals surface area contributed by atoms with E-state index in [2.05, 4.69) is 13.8 Å². The van der Waals surface area contributed by atoms with Crippen LogP contribution in [0.5, 0.6) is 0 Å². The molecular weight excluding hydrogens is 304 g/mol. The zero-order chi connectivity index (χ0) is 16.1. The first kappa shape index (κ1) is 15.3. The van der Waals surface area contributed by atoms with Crippen molar-refractivity contribution in [1.29, 1.82) is 0 Å². The molecule has 0 aliphatic carbocycles. The van der Waals surface area contributed by atoms with Crippen molar-refractivity contribution < 1.29 is 12.8 Å². The summed E-state index contributed by atoms with van der Waals surface area (Å²) in [6.45, 7) is 5.20. The number of oxazole rings is 1. The number of aromatic nitrogens is 1. The summed E-state index contributed by atoms with van der Waals surface area (Å²) in [5.41, 5.74) is 0.885. The molecule has 22 heavy (non-hydrogen) atoms. The molecule has 0 amide bonds. The molecular formula is C15H20N2O4S. The van der Waals surface area contributed by atoms with Gasteiger partial charge >= 0.3 is 5.76 Å². The SMILES string of the molecule is C[C@@H]1C[C@H](C)CN(S(=O)(=O)c2ccc3c(c2)oc(=O)n3C)C1. The highest BCUT2D eigenvalue weighted by Gasteiger charge is 2.32. The van der Waals surface area contributed by atoms with Gasteiger partial charge in [0.2, 0.25) is 10.0 Å². The Morgan fingerprint density at radius 1 is 1.18 bits per heavy atom. The number of benzene rings is 1. The van der Waals surface area contributed by atoms with Gasteiger partial charge in [-0.3, -0.25) is 4.57 Å². The second-order valence-electron chi connectivity index (χ2n) is 6.32. The van der Waals surface area contributed by atoms with Crippen LogP contribution in [0.2, 0.25) is 0 Å². The van der Waals surface area contributed by atoms with Crippen molar-refractivity contribution in [3.05, 3.63) is 28.7 Å². The molecule has 0 N–H and O–H groups in total. The van der Waals surface area contributed by atoms with Crippen LogP contribution in [0.1, 0.15) is 20.3 Å². The molecule has 2 heterocycles. The molecule has 1 fully saturated rings. The Morgan fingerprint density at radius 2 is 1.82 bits per heavy atom. The molecule has 2 aromatic rings. The molecule has 1 aromatic heterocycles. The average Bonchev–Trinajstić information content (AvgIpc) is 2.72. The van der Waals surface area contributed by atoms with Crippen LogP contribution in [0.3, 0.4) is 0 Å². The molecule has 7 heteroatoms. The molecule has 1 saturated heterocycles. The Hall–Kier alpha value is -1.60. The van der Waals surface area contributed by atoms with Crippen molar-refractivity contribution in [1.82, 2.24) is 8.87 Å². The summed E-state index contributed by atoms with van der Waals surface area (Å²) in [5, 5.41) is 0. The first-order valence-corrected chi connectivity index (χ1v) is 8.83. The van der Waals surface area contributed by atoms with Gasteiger partial charge in [-0.2, -0.15) is 4.31 Å². The third kappa shape index (κ3) is 2.48. The topological polar surface area (TPSA) is 72.5 Å². The highest BCUT2D eigenvalue weighted by Crippen LogP contribution is 2.28. The van der Waals surface area contributed by atoms with E-state index in [-0.39, 0.29) is 4.90 Å². The maximum Gasteiger partial charge on any atom is 0.419 e. The number of aryl methyl sites for hydroxylation is 1. The lowest BCUT2D eigenvalue weighted by molar-refractivity contribution is 0.222. The van der Waals surface area contributed by atoms with E-state index in [1.165, 1.54) is 21.0 Å². The molecule has 0 bridgehead atoms. The summed E-state index contributed by atoms with van der Waals surface area (Å²) in [7, 11) is -1.97. The average molecular weight is 324 g/mol. The molecule has 0 saturated carbocycles. The van der Waals surface area contributed by atoms with Crippen molar-refractivity contribution in [2.24, 2.45) is 18.9 Å². The fraction of sp³-hybridized carbons (Fsp3) is 0.533. The summed E-state index contributed by atoms with van der Waals surface area (Å²) in [4.78, 5) is 11.7. The molecule has 0 radical (unpaired) electrons. The van der Waals surface area contributed by atoms with Crippen molar-refractivity contribution in [2.75, 3.05) is 13.1 Å². The second-order valence-corrected chi connectivity index (χ2v) is 8.26. The number of hydrogen-bond donors (Lipinski definition) is 0. The van der Waals surface area contributed by atoms with Gasteiger partial charge in [-0.25, -0.2) is 13.2 Å². The fourth-order valence-corrected chi connectivity index (χ4v) is 4.92. The third-order valence-corrected chi connectivity index (χ3v) is 6.06. The number of hydrogen-bond acceptors (Lipinski definition) is 4. The van der Waals surface area contributed by atoms with Gasteiger partial charge < -0.3 is 4.42 Å². The minimum Gasteiger partial charge on any atom is -0.408 e. The van der Waals surface area contributed by atoms with E-state index in [9.17, 15) is 13.2 Å². The van der Waals surface area contributed by atoms with Gasteiger partial charge in [0.25, 0.3) is 0 Å². The summed E-state index contributed by atoms with van der Waals surface area (Å²) in [6.07, 6.45) is 1.04. The molecule has 1 aromatic carbocycles. The van der Waals surface area contributed by atoms with Crippen molar-refractivity contribution in [3.63, 3.8) is 0 Å². The standard InChI is InChI=1S/C15H20N2O4S/c1-10-6-11(2)9-17(8-10)22(19,20)12-4-5-13-14(7-12)21-15(18)16(13)3/h4-5,7,10-11H,6,8-9H2,1-3H3/t10-,11+. The van der Waals surface area contributed by atoms with Crippen LogP contribution in [0.25, 0.3) is 11.1 Å². The summed E-state index contributed by atoms with van der Waals surface area (Å²) in [6, 6.07) is 4.59. The van der Waals surface area contributed by atoms with Gasteiger partial charge in [-0.15, -0.1) is 0 Å². The van der Waals surface area contributed by atoms with Gasteiger partial charge in [0.15, 0.2) is 5.58 Å². The van der Waals surface area contributed by atoms with Crippen LogP contribution in [0.15, 0.2) is 32.3 Å². The van der Waals surface area contributed by atoms with Gasteiger partial charge in [0.1, 0.15) is 0 Å². The summed E-state index contributed by atoms with van der Waals surface area (Å²) < 4.78 is 33.6. The predicted molar refractivity (Wildman–Crippen MR) is 83.2 cm³/mol. The molecule has 6 nitrogen and oxygen atoms in total. The van der Waals surface area contributed by atoms with Crippen LogP contribution < -0.4 is 5.76 Å². The summed E-state index contributed by atoms with van der Waals surface area (Å²) in [5.74, 6) is 0.193. The second kappa shape index (κ2) is 5.24. The highest BCUT2D eigenvalue weighted by atomic mass is 32.2. The highest BCUT2D eigenvalue weighted by molar-refractivity contribution is 7.89. The molecule has 120 valence electrons. The monoisotopic (exact) mass is 324 g/mol. The van der Waals surface area contributed by atoms with E-state index in [4.69, 9.17) is 4.42 Å². The minimum absolute atomic E-state index is 0.177. The van der Waals surface area contributed by atoms with Crippen molar-refractivity contribution in [3.8, 4) is 0 Å². The van der Waals surface area contributed by atoms with Gasteiger partial charge in [-0.1, -0.05) is 13.8 Å². The Balaban J connectivity index is 2.03. The van der Waals surface area contributed by atoms with Crippen LogP contribution in [-0.4, -0.2) is 30.4 Å². The van der Waals surface area contributed by atoms with Crippen LogP contribution >= 0.6 is 0 Å². The van der Waals surface area contributed by atoms with E-state index in [0.717, 1.165) is 6.42 Å². The zero-order valence-electron chi connectivity index (χ0n) is 12.9. The Bertz CT molecular complexity index is 855. The smallest absolute Gasteiger partial charge is 0.408 e. The number of fused-ring (bicyclic) bond motifs is 1. The van der Waals surface area contributed by atoms with E-state index in [0.29, 0.717) is 36.0 Å². The maximum absolute atomic E-state index is 12.8. The Morgan fingerprint density at radius 3 is 2.45 bits per heavy atom. The molecule has 1 aliphatic rings. The van der Waals surface area contributed by atoms with E-state index >= 15 is 0 Å². The Labute approximate surface area is 129 Å². The minimum atomic E-state index is -3.56. The number of nitrogens with zero attached hydrogens (tertiary/aromatic N) is 2. The number of piperidine rings is 1. The van der Waals surface area contributed by atoms with Crippen molar-refractivity contribution in [2.45, 2.75) is 25.2 Å². The van der Waals surface area contributed by atoms with Crippen LogP contribution in [0.4, 0.5) is 0 Å². The first-order chi connectivity index (χ1) is 10.3. The Kier molecular flexibility index (Phi) is 3.65. The normalized spacial score (nSPS) is 24.0. The maximum atomic E-state index is 12.8. The molecule has 0 spiro atoms. The van der Waals surface area contributed by atoms with Gasteiger partial charge in [0.05, 0.1) is 10.4 Å².